The van der Waals surface area contributed by atoms with Crippen LogP contribution in [0.1, 0.15) is 21.9 Å². The van der Waals surface area contributed by atoms with E-state index >= 15 is 0 Å². The monoisotopic (exact) mass is 475 g/mol. The number of thiazole rings is 1. The number of fused-ring (bicyclic) bond motifs is 3. The highest BCUT2D eigenvalue weighted by molar-refractivity contribution is 7.09. The number of carboxylic acids is 1. The summed E-state index contributed by atoms with van der Waals surface area (Å²) in [6.07, 6.45) is 1.02. The maximum Gasteiger partial charge on any atom is 0.407 e. The number of aromatic nitrogens is 1. The summed E-state index contributed by atoms with van der Waals surface area (Å²) in [5.41, 5.74) is 6.08. The number of carbonyl (C=O) groups excluding carboxylic acids is 2. The number of hydrogen-bond donors (Lipinski definition) is 3. The molecule has 1 aromatic heterocycles. The molecule has 0 radical (unpaired) electrons. The van der Waals surface area contributed by atoms with Crippen LogP contribution < -0.4 is 10.6 Å². The topological polar surface area (TPSA) is 118 Å². The molecule has 0 saturated carbocycles. The fourth-order valence-electron chi connectivity index (χ4n) is 3.83. The van der Waals surface area contributed by atoms with Crippen LogP contribution in [0.5, 0.6) is 0 Å². The average molecular weight is 476 g/mol. The molecule has 1 unspecified atom stereocenters. The molecule has 1 aliphatic rings. The molecule has 0 fully saturated rings. The third-order valence-corrected chi connectivity index (χ3v) is 6.16. The zero-order valence-electron chi connectivity index (χ0n) is 18.0. The zero-order chi connectivity index (χ0) is 23.9. The number of nitrogens with zero attached hydrogens (tertiary/aromatic N) is 1. The lowest BCUT2D eigenvalue weighted by molar-refractivity contribution is -0.141. The minimum Gasteiger partial charge on any atom is -0.480 e. The number of rotatable bonds is 7. The molecule has 0 bridgehead atoms. The van der Waals surface area contributed by atoms with Crippen LogP contribution in [-0.2, 0) is 20.7 Å². The van der Waals surface area contributed by atoms with E-state index in [9.17, 15) is 19.5 Å². The van der Waals surface area contributed by atoms with Gasteiger partial charge in [-0.3, -0.25) is 9.78 Å². The Morgan fingerprint density at radius 2 is 1.76 bits per heavy atom. The van der Waals surface area contributed by atoms with E-state index in [1.807, 2.05) is 36.4 Å². The Morgan fingerprint density at radius 1 is 1.09 bits per heavy atom. The van der Waals surface area contributed by atoms with Crippen molar-refractivity contribution >= 4 is 29.3 Å². The molecule has 34 heavy (non-hydrogen) atoms. The van der Waals surface area contributed by atoms with Crippen LogP contribution in [0.2, 0.25) is 0 Å². The molecule has 0 saturated heterocycles. The van der Waals surface area contributed by atoms with Crippen LogP contribution in [0.4, 0.5) is 4.79 Å². The molecule has 1 atom stereocenters. The highest BCUT2D eigenvalue weighted by Gasteiger charge is 2.29. The van der Waals surface area contributed by atoms with Crippen LogP contribution in [0.15, 0.2) is 60.2 Å². The van der Waals surface area contributed by atoms with E-state index in [0.717, 1.165) is 27.1 Å². The molecule has 1 aliphatic carbocycles. The summed E-state index contributed by atoms with van der Waals surface area (Å²) in [6, 6.07) is 15.0. The second-order valence-corrected chi connectivity index (χ2v) is 8.49. The summed E-state index contributed by atoms with van der Waals surface area (Å²) in [6.45, 7) is 0.0579. The van der Waals surface area contributed by atoms with Crippen molar-refractivity contribution in [3.63, 3.8) is 0 Å². The van der Waals surface area contributed by atoms with Gasteiger partial charge in [0.15, 0.2) is 0 Å². The molecule has 4 rings (SSSR count). The molecule has 8 nitrogen and oxygen atoms in total. The summed E-state index contributed by atoms with van der Waals surface area (Å²) in [7, 11) is 0. The predicted molar refractivity (Wildman–Crippen MR) is 126 cm³/mol. The first-order chi connectivity index (χ1) is 16.5. The van der Waals surface area contributed by atoms with Gasteiger partial charge in [-0.25, -0.2) is 9.59 Å². The van der Waals surface area contributed by atoms with E-state index in [1.165, 1.54) is 11.3 Å². The third-order valence-electron chi connectivity index (χ3n) is 5.36. The van der Waals surface area contributed by atoms with Crippen molar-refractivity contribution in [1.29, 1.82) is 0 Å². The largest absolute Gasteiger partial charge is 0.480 e. The number of alkyl carbamates (subject to hydrolysis) is 1. The average Bonchev–Trinajstić information content (AvgIpc) is 3.46. The van der Waals surface area contributed by atoms with Gasteiger partial charge >= 0.3 is 12.1 Å². The Bertz CT molecular complexity index is 1220. The van der Waals surface area contributed by atoms with Crippen LogP contribution in [0.3, 0.4) is 0 Å². The molecular formula is C25H21N3O5S. The Kier molecular flexibility index (Phi) is 7.20. The minimum atomic E-state index is -1.17. The minimum absolute atomic E-state index is 0.0542. The Hall–Kier alpha value is -4.16. The smallest absolute Gasteiger partial charge is 0.407 e. The van der Waals surface area contributed by atoms with Crippen molar-refractivity contribution in [3.05, 3.63) is 76.2 Å². The van der Waals surface area contributed by atoms with Gasteiger partial charge in [0.2, 0.25) is 0 Å². The predicted octanol–water partition coefficient (Wildman–Crippen LogP) is 2.80. The maximum absolute atomic E-state index is 12.1. The molecule has 172 valence electrons. The first kappa shape index (κ1) is 23.0. The number of hydrogen-bond acceptors (Lipinski definition) is 6. The van der Waals surface area contributed by atoms with Crippen molar-refractivity contribution in [1.82, 2.24) is 15.6 Å². The number of nitrogens with one attached hydrogen (secondary N) is 2. The molecule has 0 aliphatic heterocycles. The number of ether oxygens (including phenoxy) is 1. The fourth-order valence-corrected chi connectivity index (χ4v) is 4.47. The molecule has 2 aromatic carbocycles. The Balaban J connectivity index is 1.25. The van der Waals surface area contributed by atoms with Gasteiger partial charge in [0.05, 0.1) is 12.1 Å². The van der Waals surface area contributed by atoms with Crippen molar-refractivity contribution < 1.29 is 24.2 Å². The van der Waals surface area contributed by atoms with Crippen molar-refractivity contribution in [2.45, 2.75) is 18.4 Å². The van der Waals surface area contributed by atoms with E-state index in [0.29, 0.717) is 0 Å². The van der Waals surface area contributed by atoms with E-state index in [-0.39, 0.29) is 25.5 Å². The van der Waals surface area contributed by atoms with E-state index < -0.39 is 24.0 Å². The lowest BCUT2D eigenvalue weighted by atomic mass is 9.98. The van der Waals surface area contributed by atoms with Gasteiger partial charge in [-0.05, 0) is 28.2 Å². The van der Waals surface area contributed by atoms with Crippen LogP contribution in [0, 0.1) is 11.8 Å². The second kappa shape index (κ2) is 10.6. The molecule has 9 heteroatoms. The lowest BCUT2D eigenvalue weighted by Crippen LogP contribution is -2.41. The quantitative estimate of drug-likeness (QED) is 0.453. The highest BCUT2D eigenvalue weighted by atomic mass is 32.1. The second-order valence-electron chi connectivity index (χ2n) is 7.52. The van der Waals surface area contributed by atoms with Gasteiger partial charge in [0.1, 0.15) is 12.6 Å². The van der Waals surface area contributed by atoms with Crippen molar-refractivity contribution in [2.24, 2.45) is 0 Å². The summed E-state index contributed by atoms with van der Waals surface area (Å²) in [5.74, 6) is 2.82. The van der Waals surface area contributed by atoms with E-state index in [4.69, 9.17) is 4.74 Å². The number of carbonyl (C=O) groups is 3. The number of aliphatic carboxylic acids is 1. The third kappa shape index (κ3) is 5.42. The van der Waals surface area contributed by atoms with Gasteiger partial charge in [-0.2, -0.15) is 0 Å². The first-order valence-corrected chi connectivity index (χ1v) is 11.4. The fraction of sp³-hybridized carbons (Fsp3) is 0.200. The molecule has 3 N–H and O–H groups in total. The molecular weight excluding hydrogens is 454 g/mol. The van der Waals surface area contributed by atoms with Gasteiger partial charge in [-0.15, -0.1) is 11.3 Å². The molecule has 1 heterocycles. The Morgan fingerprint density at radius 3 is 2.38 bits per heavy atom. The van der Waals surface area contributed by atoms with Crippen LogP contribution >= 0.6 is 11.3 Å². The Labute approximate surface area is 200 Å². The van der Waals surface area contributed by atoms with Crippen molar-refractivity contribution in [3.8, 4) is 23.0 Å². The van der Waals surface area contributed by atoms with Gasteiger partial charge in [0, 0.05) is 23.4 Å². The zero-order valence-corrected chi connectivity index (χ0v) is 18.8. The first-order valence-electron chi connectivity index (χ1n) is 10.5. The summed E-state index contributed by atoms with van der Waals surface area (Å²) in [5, 5.41) is 14.1. The van der Waals surface area contributed by atoms with Gasteiger partial charge in [-0.1, -0.05) is 54.5 Å². The van der Waals surface area contributed by atoms with Crippen LogP contribution in [0.25, 0.3) is 11.1 Å². The summed E-state index contributed by atoms with van der Waals surface area (Å²) in [4.78, 5) is 40.1. The standard InChI is InChI=1S/C25H21N3O5S/c29-23(28-22(24(30)31)12-16-13-26-15-34-16)10-5-11-27-25(32)33-14-21-19-8-3-1-6-17(19)18-7-2-4-9-20(18)21/h1-4,6-9,13,15,21-22H,11-12,14H2,(H,27,32)(H,28,29)(H,30,31). The van der Waals surface area contributed by atoms with Gasteiger partial charge in [0.25, 0.3) is 5.91 Å². The summed E-state index contributed by atoms with van der Waals surface area (Å²) >= 11 is 1.30. The van der Waals surface area contributed by atoms with E-state index in [1.54, 1.807) is 11.7 Å². The van der Waals surface area contributed by atoms with E-state index in [2.05, 4.69) is 39.6 Å². The van der Waals surface area contributed by atoms with Crippen LogP contribution in [-0.4, -0.2) is 47.3 Å². The number of amides is 2. The SMILES string of the molecule is O=C(C#CCNC(=O)OCC1c2ccccc2-c2ccccc21)NC(Cc1cncs1)C(=O)O. The highest BCUT2D eigenvalue weighted by Crippen LogP contribution is 2.44. The number of benzene rings is 2. The summed E-state index contributed by atoms with van der Waals surface area (Å²) < 4.78 is 5.40. The normalized spacial score (nSPS) is 12.5. The lowest BCUT2D eigenvalue weighted by Gasteiger charge is -2.14. The van der Waals surface area contributed by atoms with Crippen molar-refractivity contribution in [2.75, 3.05) is 13.2 Å². The molecule has 0 spiro atoms. The maximum atomic E-state index is 12.1. The molecule has 2 amide bonds. The molecule has 3 aromatic rings. The number of carboxylic acid groups (broad SMARTS) is 1. The van der Waals surface area contributed by atoms with Gasteiger partial charge < -0.3 is 20.5 Å².